The third-order valence-corrected chi connectivity index (χ3v) is 2.24. The topological polar surface area (TPSA) is 12.9 Å². The Labute approximate surface area is 72.8 Å². The van der Waals surface area contributed by atoms with E-state index in [1.54, 1.807) is 11.6 Å². The Kier molecular flexibility index (Phi) is 3.00. The Hall–Kier alpha value is -0.435. The molecule has 0 bridgehead atoms. The standard InChI is InChI=1S/C8H11BNS/c1-6-4-10-5-8(7(6)2)9-11-3/h4-5H,1-3H3. The van der Waals surface area contributed by atoms with Crippen LogP contribution in [0.2, 0.25) is 0 Å². The van der Waals surface area contributed by atoms with E-state index >= 15 is 0 Å². The lowest BCUT2D eigenvalue weighted by Crippen LogP contribution is -2.16. The highest BCUT2D eigenvalue weighted by Crippen LogP contribution is 2.01. The van der Waals surface area contributed by atoms with Crippen LogP contribution in [0.3, 0.4) is 0 Å². The molecule has 11 heavy (non-hydrogen) atoms. The molecule has 1 aromatic rings. The highest BCUT2D eigenvalue weighted by atomic mass is 32.2. The summed E-state index contributed by atoms with van der Waals surface area (Å²) >= 11 is 1.71. The average molecular weight is 164 g/mol. The van der Waals surface area contributed by atoms with Crippen molar-refractivity contribution in [1.29, 1.82) is 0 Å². The van der Waals surface area contributed by atoms with Gasteiger partial charge in [-0.25, -0.2) is 11.6 Å². The summed E-state index contributed by atoms with van der Waals surface area (Å²) < 4.78 is 0. The van der Waals surface area contributed by atoms with E-state index in [2.05, 4.69) is 31.6 Å². The van der Waals surface area contributed by atoms with E-state index in [9.17, 15) is 0 Å². The monoisotopic (exact) mass is 164 g/mol. The average Bonchev–Trinajstić information content (AvgIpc) is 1.99. The molecule has 0 N–H and O–H groups in total. The number of hydrogen-bond donors (Lipinski definition) is 0. The SMILES string of the molecule is CS[B]c1cncc(C)c1C. The minimum atomic E-state index is 1.23. The molecule has 0 aliphatic rings. The molecule has 1 rings (SSSR count). The third-order valence-electron chi connectivity index (χ3n) is 1.75. The van der Waals surface area contributed by atoms with Gasteiger partial charge in [-0.15, -0.1) is 0 Å². The van der Waals surface area contributed by atoms with Crippen molar-refractivity contribution in [3.63, 3.8) is 0 Å². The van der Waals surface area contributed by atoms with E-state index in [4.69, 9.17) is 0 Å². The van der Waals surface area contributed by atoms with Gasteiger partial charge in [0.05, 0.1) is 0 Å². The summed E-state index contributed by atoms with van der Waals surface area (Å²) in [6.07, 6.45) is 5.85. The fraction of sp³-hybridized carbons (Fsp3) is 0.375. The Morgan fingerprint density at radius 2 is 2.09 bits per heavy atom. The van der Waals surface area contributed by atoms with Crippen molar-refractivity contribution in [2.24, 2.45) is 0 Å². The van der Waals surface area contributed by atoms with Gasteiger partial charge in [-0.1, -0.05) is 11.0 Å². The summed E-state index contributed by atoms with van der Waals surface area (Å²) in [5, 5.41) is 0. The van der Waals surface area contributed by atoms with Crippen LogP contribution in [0.4, 0.5) is 0 Å². The lowest BCUT2D eigenvalue weighted by molar-refractivity contribution is 1.24. The molecular formula is C8H11BNS. The van der Waals surface area contributed by atoms with Crippen LogP contribution in [0.15, 0.2) is 12.4 Å². The minimum Gasteiger partial charge on any atom is -0.265 e. The highest BCUT2D eigenvalue weighted by Gasteiger charge is 2.00. The van der Waals surface area contributed by atoms with Crippen LogP contribution < -0.4 is 5.46 Å². The first-order chi connectivity index (χ1) is 5.25. The second-order valence-electron chi connectivity index (χ2n) is 2.52. The Bertz CT molecular complexity index is 250. The number of pyridine rings is 1. The van der Waals surface area contributed by atoms with Gasteiger partial charge in [-0.3, -0.25) is 4.98 Å². The van der Waals surface area contributed by atoms with Gasteiger partial charge >= 0.3 is 0 Å². The van der Waals surface area contributed by atoms with Gasteiger partial charge in [-0.05, 0) is 25.7 Å². The molecule has 0 atom stereocenters. The maximum absolute atomic E-state index is 4.12. The normalized spacial score (nSPS) is 9.73. The van der Waals surface area contributed by atoms with Crippen LogP contribution in [-0.4, -0.2) is 17.8 Å². The van der Waals surface area contributed by atoms with E-state index in [1.165, 1.54) is 16.6 Å². The molecule has 0 aliphatic carbocycles. The molecule has 1 radical (unpaired) electrons. The van der Waals surface area contributed by atoms with Crippen molar-refractivity contribution in [3.05, 3.63) is 23.5 Å². The van der Waals surface area contributed by atoms with Crippen LogP contribution in [0.5, 0.6) is 0 Å². The summed E-state index contributed by atoms with van der Waals surface area (Å²) in [5.74, 6) is 0. The Balaban J connectivity index is 2.96. The summed E-state index contributed by atoms with van der Waals surface area (Å²) in [5.41, 5.74) is 3.82. The molecule has 0 aromatic carbocycles. The molecule has 0 amide bonds. The van der Waals surface area contributed by atoms with Crippen LogP contribution in [0.1, 0.15) is 11.1 Å². The zero-order valence-electron chi connectivity index (χ0n) is 7.09. The summed E-state index contributed by atoms with van der Waals surface area (Å²) in [6, 6.07) is 0. The van der Waals surface area contributed by atoms with Crippen molar-refractivity contribution >= 4 is 23.6 Å². The second kappa shape index (κ2) is 3.81. The highest BCUT2D eigenvalue weighted by molar-refractivity contribution is 8.23. The fourth-order valence-corrected chi connectivity index (χ4v) is 1.39. The van der Waals surface area contributed by atoms with Crippen molar-refractivity contribution in [2.45, 2.75) is 13.8 Å². The maximum atomic E-state index is 4.12. The van der Waals surface area contributed by atoms with Crippen LogP contribution in [-0.2, 0) is 0 Å². The Morgan fingerprint density at radius 3 is 2.73 bits per heavy atom. The van der Waals surface area contributed by atoms with E-state index < -0.39 is 0 Å². The van der Waals surface area contributed by atoms with Crippen molar-refractivity contribution in [2.75, 3.05) is 6.26 Å². The summed E-state index contributed by atoms with van der Waals surface area (Å²) in [6.45, 7) is 6.33. The van der Waals surface area contributed by atoms with E-state index in [-0.39, 0.29) is 0 Å². The lowest BCUT2D eigenvalue weighted by Gasteiger charge is -2.04. The van der Waals surface area contributed by atoms with Gasteiger partial charge in [0.25, 0.3) is 0 Å². The van der Waals surface area contributed by atoms with Gasteiger partial charge in [0, 0.05) is 12.4 Å². The zero-order valence-corrected chi connectivity index (χ0v) is 7.90. The van der Waals surface area contributed by atoms with Gasteiger partial charge in [-0.2, -0.15) is 0 Å². The molecule has 1 heterocycles. The van der Waals surface area contributed by atoms with Crippen LogP contribution in [0.25, 0.3) is 0 Å². The minimum absolute atomic E-state index is 1.23. The van der Waals surface area contributed by atoms with E-state index in [0.29, 0.717) is 0 Å². The van der Waals surface area contributed by atoms with E-state index in [1.807, 2.05) is 12.4 Å². The first-order valence-electron chi connectivity index (χ1n) is 3.53. The van der Waals surface area contributed by atoms with Crippen LogP contribution >= 0.6 is 11.6 Å². The number of rotatable bonds is 2. The number of hydrogen-bond acceptors (Lipinski definition) is 2. The molecule has 0 spiro atoms. The molecule has 1 nitrogen and oxygen atoms in total. The molecule has 0 unspecified atom stereocenters. The van der Waals surface area contributed by atoms with Crippen molar-refractivity contribution in [1.82, 2.24) is 4.98 Å². The number of aryl methyl sites for hydroxylation is 1. The molecule has 57 valence electrons. The van der Waals surface area contributed by atoms with Crippen molar-refractivity contribution in [3.8, 4) is 0 Å². The molecule has 0 saturated carbocycles. The number of nitrogens with zero attached hydrogens (tertiary/aromatic N) is 1. The quantitative estimate of drug-likeness (QED) is 0.611. The fourth-order valence-electron chi connectivity index (χ4n) is 0.896. The van der Waals surface area contributed by atoms with Crippen LogP contribution in [0, 0.1) is 13.8 Å². The van der Waals surface area contributed by atoms with Gasteiger partial charge < -0.3 is 0 Å². The molecule has 1 aromatic heterocycles. The zero-order chi connectivity index (χ0) is 8.27. The second-order valence-corrected chi connectivity index (χ2v) is 3.23. The first kappa shape index (κ1) is 8.66. The Morgan fingerprint density at radius 1 is 1.36 bits per heavy atom. The smallest absolute Gasteiger partial charge is 0.231 e. The van der Waals surface area contributed by atoms with Gasteiger partial charge in [0.1, 0.15) is 0 Å². The molecule has 3 heteroatoms. The first-order valence-corrected chi connectivity index (χ1v) is 4.81. The van der Waals surface area contributed by atoms with E-state index in [0.717, 1.165) is 0 Å². The molecular weight excluding hydrogens is 153 g/mol. The molecule has 0 fully saturated rings. The summed E-state index contributed by atoms with van der Waals surface area (Å²) in [4.78, 5) is 4.12. The summed E-state index contributed by atoms with van der Waals surface area (Å²) in [7, 11) is 0. The number of aromatic nitrogens is 1. The maximum Gasteiger partial charge on any atom is 0.231 e. The molecule has 0 aliphatic heterocycles. The van der Waals surface area contributed by atoms with Crippen molar-refractivity contribution < 1.29 is 0 Å². The molecule has 0 saturated heterocycles. The van der Waals surface area contributed by atoms with Gasteiger partial charge in [0.15, 0.2) is 0 Å². The predicted molar refractivity (Wildman–Crippen MR) is 52.6 cm³/mol. The van der Waals surface area contributed by atoms with Gasteiger partial charge in [0.2, 0.25) is 6.56 Å². The lowest BCUT2D eigenvalue weighted by atomic mass is 9.90. The third kappa shape index (κ3) is 1.99. The largest absolute Gasteiger partial charge is 0.265 e. The predicted octanol–water partition coefficient (Wildman–Crippen LogP) is 1.31.